The predicted octanol–water partition coefficient (Wildman–Crippen LogP) is 7.97. The molecule has 0 radical (unpaired) electrons. The van der Waals surface area contributed by atoms with Gasteiger partial charge in [-0.15, -0.1) is 11.8 Å². The number of hydrogen-bond acceptors (Lipinski definition) is 4. The van der Waals surface area contributed by atoms with Crippen molar-refractivity contribution in [3.8, 4) is 5.75 Å². The molecule has 204 valence electrons. The molecule has 1 unspecified atom stereocenters. The number of hydrogen-bond donors (Lipinski definition) is 1. The standard InChI is InChI=1S/C34H34N2O3S/c1-34(2,3)40-32-28-21-27(39-23-26-16-10-11-19-35-26)17-18-30(28)36(22-25-14-8-5-9-15-25)31(32)29(33(37)38)20-24-12-6-4-7-13-24/h4-19,21,29H,20,22-23H2,1-3H3,(H,37,38). The number of nitrogens with zero attached hydrogens (tertiary/aromatic N) is 2. The molecule has 0 saturated carbocycles. The highest BCUT2D eigenvalue weighted by molar-refractivity contribution is 8.00. The fourth-order valence-electron chi connectivity index (χ4n) is 4.90. The minimum atomic E-state index is -0.830. The lowest BCUT2D eigenvalue weighted by atomic mass is 9.95. The molecule has 0 amide bonds. The Balaban J connectivity index is 1.68. The summed E-state index contributed by atoms with van der Waals surface area (Å²) in [6, 6.07) is 32.0. The number of carboxylic acids is 1. The number of carbonyl (C=O) groups is 1. The lowest BCUT2D eigenvalue weighted by molar-refractivity contribution is -0.139. The Morgan fingerprint density at radius 2 is 1.60 bits per heavy atom. The topological polar surface area (TPSA) is 64.3 Å². The SMILES string of the molecule is CC(C)(C)Sc1c(C(Cc2ccccc2)C(=O)O)n(Cc2ccccc2)c2ccc(OCc3ccccn3)cc12. The molecule has 40 heavy (non-hydrogen) atoms. The Kier molecular flexibility index (Phi) is 8.27. The van der Waals surface area contributed by atoms with E-state index >= 15 is 0 Å². The van der Waals surface area contributed by atoms with Crippen molar-refractivity contribution in [3.63, 3.8) is 0 Å². The van der Waals surface area contributed by atoms with Crippen LogP contribution in [0.1, 0.15) is 49.2 Å². The molecule has 5 rings (SSSR count). The van der Waals surface area contributed by atoms with Crippen LogP contribution >= 0.6 is 11.8 Å². The third kappa shape index (κ3) is 6.57. The Morgan fingerprint density at radius 3 is 2.23 bits per heavy atom. The number of ether oxygens (including phenoxy) is 1. The zero-order chi connectivity index (χ0) is 28.1. The Hall–Kier alpha value is -4.03. The Labute approximate surface area is 239 Å². The molecular weight excluding hydrogens is 516 g/mol. The number of aromatic nitrogens is 2. The molecule has 2 heterocycles. The molecule has 0 bridgehead atoms. The third-order valence-corrected chi connectivity index (χ3v) is 7.89. The van der Waals surface area contributed by atoms with Gasteiger partial charge in [-0.25, -0.2) is 0 Å². The van der Waals surface area contributed by atoms with Crippen molar-refractivity contribution in [2.45, 2.75) is 55.9 Å². The highest BCUT2D eigenvalue weighted by Crippen LogP contribution is 2.45. The Morgan fingerprint density at radius 1 is 0.925 bits per heavy atom. The summed E-state index contributed by atoms with van der Waals surface area (Å²) in [6.07, 6.45) is 2.16. The van der Waals surface area contributed by atoms with E-state index in [9.17, 15) is 9.90 Å². The van der Waals surface area contributed by atoms with Gasteiger partial charge < -0.3 is 14.4 Å². The summed E-state index contributed by atoms with van der Waals surface area (Å²) in [7, 11) is 0. The van der Waals surface area contributed by atoms with Gasteiger partial charge in [-0.3, -0.25) is 9.78 Å². The smallest absolute Gasteiger partial charge is 0.312 e. The lowest BCUT2D eigenvalue weighted by Gasteiger charge is -2.23. The summed E-state index contributed by atoms with van der Waals surface area (Å²) in [4.78, 5) is 18.3. The van der Waals surface area contributed by atoms with Crippen molar-refractivity contribution < 1.29 is 14.6 Å². The second-order valence-corrected chi connectivity index (χ2v) is 12.7. The number of rotatable bonds is 10. The highest BCUT2D eigenvalue weighted by Gasteiger charge is 2.32. The van der Waals surface area contributed by atoms with Crippen LogP contribution in [0.2, 0.25) is 0 Å². The van der Waals surface area contributed by atoms with Gasteiger partial charge in [-0.2, -0.15) is 0 Å². The van der Waals surface area contributed by atoms with Crippen LogP contribution in [0.25, 0.3) is 10.9 Å². The van der Waals surface area contributed by atoms with Gasteiger partial charge in [-0.1, -0.05) is 87.5 Å². The van der Waals surface area contributed by atoms with E-state index in [1.807, 2.05) is 72.8 Å². The first-order chi connectivity index (χ1) is 19.3. The maximum atomic E-state index is 13.0. The van der Waals surface area contributed by atoms with E-state index in [0.717, 1.165) is 44.1 Å². The summed E-state index contributed by atoms with van der Waals surface area (Å²) < 4.78 is 8.22. The van der Waals surface area contributed by atoms with Crippen molar-refractivity contribution >= 4 is 28.6 Å². The molecule has 2 aromatic heterocycles. The number of pyridine rings is 1. The molecule has 0 aliphatic heterocycles. The number of fused-ring (bicyclic) bond motifs is 1. The molecule has 1 N–H and O–H groups in total. The van der Waals surface area contributed by atoms with Crippen molar-refractivity contribution in [1.82, 2.24) is 9.55 Å². The molecular formula is C34H34N2O3S. The maximum Gasteiger partial charge on any atom is 0.312 e. The third-order valence-electron chi connectivity index (χ3n) is 6.64. The molecule has 6 heteroatoms. The Bertz CT molecular complexity index is 1580. The molecule has 5 nitrogen and oxygen atoms in total. The second kappa shape index (κ2) is 12.0. The monoisotopic (exact) mass is 550 g/mol. The lowest BCUT2D eigenvalue weighted by Crippen LogP contribution is -2.20. The fraction of sp³-hybridized carbons (Fsp3) is 0.235. The van der Waals surface area contributed by atoms with Crippen molar-refractivity contribution in [2.75, 3.05) is 0 Å². The van der Waals surface area contributed by atoms with Crippen LogP contribution in [0.5, 0.6) is 5.75 Å². The van der Waals surface area contributed by atoms with Crippen molar-refractivity contribution in [2.24, 2.45) is 0 Å². The average Bonchev–Trinajstić information content (AvgIpc) is 3.22. The van der Waals surface area contributed by atoms with E-state index in [2.05, 4.69) is 54.6 Å². The molecule has 0 fully saturated rings. The first-order valence-corrected chi connectivity index (χ1v) is 14.3. The maximum absolute atomic E-state index is 13.0. The van der Waals surface area contributed by atoms with Crippen LogP contribution in [0.15, 0.2) is 108 Å². The zero-order valence-electron chi connectivity index (χ0n) is 23.1. The normalized spacial score (nSPS) is 12.4. The van der Waals surface area contributed by atoms with E-state index in [1.165, 1.54) is 0 Å². The first kappa shape index (κ1) is 27.5. The van der Waals surface area contributed by atoms with Crippen LogP contribution in [0.4, 0.5) is 0 Å². The van der Waals surface area contributed by atoms with E-state index in [1.54, 1.807) is 18.0 Å². The number of benzene rings is 3. The van der Waals surface area contributed by atoms with E-state index in [-0.39, 0.29) is 4.75 Å². The summed E-state index contributed by atoms with van der Waals surface area (Å²) in [6.45, 7) is 7.42. The molecule has 1 atom stereocenters. The molecule has 3 aromatic carbocycles. The van der Waals surface area contributed by atoms with Gasteiger partial charge in [0, 0.05) is 39.0 Å². The molecule has 0 aliphatic rings. The predicted molar refractivity (Wildman–Crippen MR) is 162 cm³/mol. The van der Waals surface area contributed by atoms with Gasteiger partial charge in [0.2, 0.25) is 0 Å². The van der Waals surface area contributed by atoms with Crippen LogP contribution in [0.3, 0.4) is 0 Å². The quantitative estimate of drug-likeness (QED) is 0.179. The average molecular weight is 551 g/mol. The van der Waals surface area contributed by atoms with E-state index in [4.69, 9.17) is 4.74 Å². The number of aliphatic carboxylic acids is 1. The highest BCUT2D eigenvalue weighted by atomic mass is 32.2. The van der Waals surface area contributed by atoms with Gasteiger partial charge in [-0.05, 0) is 47.9 Å². The van der Waals surface area contributed by atoms with E-state index in [0.29, 0.717) is 19.6 Å². The van der Waals surface area contributed by atoms with Crippen molar-refractivity contribution in [1.29, 1.82) is 0 Å². The number of thioether (sulfide) groups is 1. The fourth-order valence-corrected chi connectivity index (χ4v) is 6.14. The van der Waals surface area contributed by atoms with Crippen LogP contribution in [0, 0.1) is 0 Å². The minimum absolute atomic E-state index is 0.138. The van der Waals surface area contributed by atoms with Gasteiger partial charge in [0.1, 0.15) is 18.3 Å². The van der Waals surface area contributed by atoms with Gasteiger partial charge >= 0.3 is 5.97 Å². The van der Waals surface area contributed by atoms with Crippen LogP contribution in [-0.4, -0.2) is 25.4 Å². The van der Waals surface area contributed by atoms with Crippen molar-refractivity contribution in [3.05, 3.63) is 126 Å². The summed E-state index contributed by atoms with van der Waals surface area (Å²) >= 11 is 1.72. The first-order valence-electron chi connectivity index (χ1n) is 13.5. The molecule has 5 aromatic rings. The van der Waals surface area contributed by atoms with Gasteiger partial charge in [0.25, 0.3) is 0 Å². The number of carboxylic acid groups (broad SMARTS) is 1. The minimum Gasteiger partial charge on any atom is -0.487 e. The second-order valence-electron chi connectivity index (χ2n) is 10.9. The van der Waals surface area contributed by atoms with Gasteiger partial charge in [0.05, 0.1) is 5.69 Å². The molecule has 0 spiro atoms. The van der Waals surface area contributed by atoms with Crippen LogP contribution in [-0.2, 0) is 24.4 Å². The zero-order valence-corrected chi connectivity index (χ0v) is 23.9. The van der Waals surface area contributed by atoms with Crippen LogP contribution < -0.4 is 4.74 Å². The summed E-state index contributed by atoms with van der Waals surface area (Å²) in [5, 5.41) is 11.6. The molecule has 0 aliphatic carbocycles. The summed E-state index contributed by atoms with van der Waals surface area (Å²) in [5.41, 5.74) is 4.79. The molecule has 0 saturated heterocycles. The largest absolute Gasteiger partial charge is 0.487 e. The van der Waals surface area contributed by atoms with E-state index < -0.39 is 11.9 Å². The van der Waals surface area contributed by atoms with Gasteiger partial charge in [0.15, 0.2) is 0 Å². The summed E-state index contributed by atoms with van der Waals surface area (Å²) in [5.74, 6) is -0.822.